The summed E-state index contributed by atoms with van der Waals surface area (Å²) in [7, 11) is 0. The summed E-state index contributed by atoms with van der Waals surface area (Å²) in [5.41, 5.74) is 10.2. The zero-order valence-electron chi connectivity index (χ0n) is 15.5. The third-order valence-electron chi connectivity index (χ3n) is 6.02. The highest BCUT2D eigenvalue weighted by atomic mass is 14.5. The third kappa shape index (κ3) is 2.43. The molecule has 2 aliphatic carbocycles. The lowest BCUT2D eigenvalue weighted by Gasteiger charge is -2.27. The smallest absolute Gasteiger partial charge is 0.0292 e. The first-order valence-corrected chi connectivity index (χ1v) is 9.28. The molecule has 2 aromatic carbocycles. The Bertz CT molecular complexity index is 860. The Morgan fingerprint density at radius 3 is 2.08 bits per heavy atom. The molecule has 126 valence electrons. The number of hydrogen-bond donors (Lipinski definition) is 0. The Labute approximate surface area is 151 Å². The SMILES string of the molecule is C=C(/C=C\C1=C(C)CC2(C1)c1ccccc1-c1ccccc12)C(C)C. The first kappa shape index (κ1) is 16.1. The quantitative estimate of drug-likeness (QED) is 0.542. The Hall–Kier alpha value is -2.34. The predicted octanol–water partition coefficient (Wildman–Crippen LogP) is 6.83. The lowest BCUT2D eigenvalue weighted by Crippen LogP contribution is -2.21. The zero-order valence-corrected chi connectivity index (χ0v) is 15.5. The fourth-order valence-corrected chi connectivity index (χ4v) is 4.50. The molecule has 0 unspecified atom stereocenters. The minimum Gasteiger partial charge on any atom is -0.0956 e. The van der Waals surface area contributed by atoms with E-state index < -0.39 is 0 Å². The molecular formula is C25H26. The largest absolute Gasteiger partial charge is 0.0956 e. The molecule has 1 spiro atoms. The summed E-state index contributed by atoms with van der Waals surface area (Å²) in [6.07, 6.45) is 6.74. The zero-order chi connectivity index (χ0) is 17.6. The van der Waals surface area contributed by atoms with Crippen molar-refractivity contribution < 1.29 is 0 Å². The van der Waals surface area contributed by atoms with E-state index in [4.69, 9.17) is 0 Å². The molecular weight excluding hydrogens is 300 g/mol. The fraction of sp³-hybridized carbons (Fsp3) is 0.280. The maximum atomic E-state index is 4.19. The van der Waals surface area contributed by atoms with Crippen molar-refractivity contribution in [2.45, 2.75) is 39.0 Å². The molecule has 0 amide bonds. The molecule has 0 atom stereocenters. The molecule has 2 aromatic rings. The van der Waals surface area contributed by atoms with E-state index in [1.807, 2.05) is 0 Å². The molecule has 25 heavy (non-hydrogen) atoms. The molecule has 0 bridgehead atoms. The molecule has 0 heterocycles. The van der Waals surface area contributed by atoms with Crippen molar-refractivity contribution in [3.8, 4) is 11.1 Å². The minimum atomic E-state index is 0.121. The van der Waals surface area contributed by atoms with Gasteiger partial charge < -0.3 is 0 Å². The predicted molar refractivity (Wildman–Crippen MR) is 108 cm³/mol. The van der Waals surface area contributed by atoms with Gasteiger partial charge in [0.1, 0.15) is 0 Å². The minimum absolute atomic E-state index is 0.121. The number of hydrogen-bond acceptors (Lipinski definition) is 0. The van der Waals surface area contributed by atoms with E-state index in [0.29, 0.717) is 5.92 Å². The molecule has 2 aliphatic rings. The van der Waals surface area contributed by atoms with Gasteiger partial charge in [0.2, 0.25) is 0 Å². The summed E-state index contributed by atoms with van der Waals surface area (Å²) >= 11 is 0. The van der Waals surface area contributed by atoms with Crippen LogP contribution in [0.1, 0.15) is 44.7 Å². The molecule has 0 fully saturated rings. The van der Waals surface area contributed by atoms with Gasteiger partial charge in [0.05, 0.1) is 0 Å². The maximum absolute atomic E-state index is 4.19. The van der Waals surface area contributed by atoms with E-state index in [9.17, 15) is 0 Å². The second-order valence-corrected chi connectivity index (χ2v) is 7.90. The van der Waals surface area contributed by atoms with E-state index in [1.165, 1.54) is 39.0 Å². The van der Waals surface area contributed by atoms with Crippen LogP contribution in [0.2, 0.25) is 0 Å². The molecule has 4 rings (SSSR count). The van der Waals surface area contributed by atoms with Crippen LogP contribution in [-0.4, -0.2) is 0 Å². The van der Waals surface area contributed by atoms with E-state index in [0.717, 1.165) is 12.8 Å². The van der Waals surface area contributed by atoms with Crippen LogP contribution >= 0.6 is 0 Å². The van der Waals surface area contributed by atoms with Crippen LogP contribution in [0.25, 0.3) is 11.1 Å². The monoisotopic (exact) mass is 326 g/mol. The molecule has 0 saturated carbocycles. The standard InChI is InChI=1S/C25H26/c1-17(2)18(3)13-14-20-16-25(15-19(20)4)23-11-7-5-9-21(23)22-10-6-8-12-24(22)25/h5-14,17H,3,15-16H2,1-2,4H3/b14-13-. The second-order valence-electron chi connectivity index (χ2n) is 7.90. The molecule has 0 nitrogen and oxygen atoms in total. The molecule has 0 aromatic heterocycles. The van der Waals surface area contributed by atoms with Crippen LogP contribution in [0.5, 0.6) is 0 Å². The molecule has 0 radical (unpaired) electrons. The Balaban J connectivity index is 1.77. The highest BCUT2D eigenvalue weighted by molar-refractivity contribution is 5.82. The summed E-state index contributed by atoms with van der Waals surface area (Å²) in [6.45, 7) is 10.9. The van der Waals surface area contributed by atoms with Crippen LogP contribution in [0, 0.1) is 5.92 Å². The van der Waals surface area contributed by atoms with Crippen molar-refractivity contribution in [1.29, 1.82) is 0 Å². The van der Waals surface area contributed by atoms with Crippen molar-refractivity contribution >= 4 is 0 Å². The van der Waals surface area contributed by atoms with E-state index >= 15 is 0 Å². The highest BCUT2D eigenvalue weighted by Crippen LogP contribution is 2.58. The Kier molecular flexibility index (Phi) is 3.80. The summed E-state index contributed by atoms with van der Waals surface area (Å²) in [4.78, 5) is 0. The van der Waals surface area contributed by atoms with Gasteiger partial charge in [0, 0.05) is 5.41 Å². The van der Waals surface area contributed by atoms with Crippen LogP contribution in [-0.2, 0) is 5.41 Å². The first-order chi connectivity index (χ1) is 12.0. The lowest BCUT2D eigenvalue weighted by atomic mass is 9.75. The van der Waals surface area contributed by atoms with Gasteiger partial charge in [0.15, 0.2) is 0 Å². The normalized spacial score (nSPS) is 17.6. The summed E-state index contributed by atoms with van der Waals surface area (Å²) in [5, 5.41) is 0. The molecule has 0 aliphatic heterocycles. The Morgan fingerprint density at radius 1 is 0.960 bits per heavy atom. The average molecular weight is 326 g/mol. The van der Waals surface area contributed by atoms with Gasteiger partial charge in [0.25, 0.3) is 0 Å². The highest BCUT2D eigenvalue weighted by Gasteiger charge is 2.46. The van der Waals surface area contributed by atoms with Crippen LogP contribution in [0.3, 0.4) is 0 Å². The summed E-state index contributed by atoms with van der Waals surface area (Å²) < 4.78 is 0. The van der Waals surface area contributed by atoms with Crippen LogP contribution in [0.4, 0.5) is 0 Å². The Morgan fingerprint density at radius 2 is 1.52 bits per heavy atom. The number of allylic oxidation sites excluding steroid dienone is 5. The lowest BCUT2D eigenvalue weighted by molar-refractivity contribution is 0.560. The van der Waals surface area contributed by atoms with E-state index in [1.54, 1.807) is 0 Å². The summed E-state index contributed by atoms with van der Waals surface area (Å²) in [6, 6.07) is 17.9. The number of fused-ring (bicyclic) bond motifs is 5. The van der Waals surface area contributed by atoms with Crippen molar-refractivity contribution in [2.75, 3.05) is 0 Å². The average Bonchev–Trinajstić information content (AvgIpc) is 3.09. The fourth-order valence-electron chi connectivity index (χ4n) is 4.50. The van der Waals surface area contributed by atoms with Crippen molar-refractivity contribution in [2.24, 2.45) is 5.92 Å². The number of benzene rings is 2. The van der Waals surface area contributed by atoms with Crippen LogP contribution in [0.15, 0.2) is 84.0 Å². The van der Waals surface area contributed by atoms with Gasteiger partial charge in [-0.3, -0.25) is 0 Å². The van der Waals surface area contributed by atoms with E-state index in [-0.39, 0.29) is 5.41 Å². The number of rotatable bonds is 3. The van der Waals surface area contributed by atoms with E-state index in [2.05, 4.69) is 88.0 Å². The van der Waals surface area contributed by atoms with Crippen LogP contribution < -0.4 is 0 Å². The van der Waals surface area contributed by atoms with Gasteiger partial charge >= 0.3 is 0 Å². The van der Waals surface area contributed by atoms with Crippen molar-refractivity contribution in [3.63, 3.8) is 0 Å². The molecule has 0 heteroatoms. The van der Waals surface area contributed by atoms with Crippen molar-refractivity contribution in [1.82, 2.24) is 0 Å². The van der Waals surface area contributed by atoms with Gasteiger partial charge in [-0.25, -0.2) is 0 Å². The third-order valence-corrected chi connectivity index (χ3v) is 6.02. The molecule has 0 saturated heterocycles. The topological polar surface area (TPSA) is 0 Å². The first-order valence-electron chi connectivity index (χ1n) is 9.28. The van der Waals surface area contributed by atoms with Gasteiger partial charge in [-0.2, -0.15) is 0 Å². The van der Waals surface area contributed by atoms with Gasteiger partial charge in [-0.15, -0.1) is 0 Å². The second kappa shape index (κ2) is 5.88. The molecule has 0 N–H and O–H groups in total. The van der Waals surface area contributed by atoms with Crippen molar-refractivity contribution in [3.05, 3.63) is 95.1 Å². The van der Waals surface area contributed by atoms with Gasteiger partial charge in [-0.1, -0.05) is 92.3 Å². The van der Waals surface area contributed by atoms with Gasteiger partial charge in [-0.05, 0) is 53.5 Å². The summed E-state index contributed by atoms with van der Waals surface area (Å²) in [5.74, 6) is 0.500. The maximum Gasteiger partial charge on any atom is 0.0292 e.